The standard InChI is InChI=1S/C17H16Cl2O/c18-16-7-2-13(3-8-16)1-4-15(11-12-20)14-5-9-17(19)10-6-14/h2-3,5-10,12,15H,1,4,11H2. The third-order valence-corrected chi connectivity index (χ3v) is 3.92. The number of rotatable bonds is 6. The number of halogens is 2. The van der Waals surface area contributed by atoms with E-state index in [2.05, 4.69) is 0 Å². The Hall–Kier alpha value is -1.31. The summed E-state index contributed by atoms with van der Waals surface area (Å²) < 4.78 is 0. The first-order chi connectivity index (χ1) is 9.69. The molecule has 2 aromatic rings. The smallest absolute Gasteiger partial charge is 0.120 e. The van der Waals surface area contributed by atoms with Gasteiger partial charge < -0.3 is 4.79 Å². The summed E-state index contributed by atoms with van der Waals surface area (Å²) in [4.78, 5) is 10.9. The Balaban J connectivity index is 2.03. The molecule has 0 saturated heterocycles. The minimum Gasteiger partial charge on any atom is -0.303 e. The second kappa shape index (κ2) is 7.47. The minimum absolute atomic E-state index is 0.237. The highest BCUT2D eigenvalue weighted by molar-refractivity contribution is 6.30. The molecule has 0 saturated carbocycles. The summed E-state index contributed by atoms with van der Waals surface area (Å²) in [6, 6.07) is 15.6. The molecule has 0 fully saturated rings. The molecular weight excluding hydrogens is 291 g/mol. The SMILES string of the molecule is O=CCC(CCc1ccc(Cl)cc1)c1ccc(Cl)cc1. The summed E-state index contributed by atoms with van der Waals surface area (Å²) in [6.45, 7) is 0. The molecule has 2 rings (SSSR count). The second-order valence-electron chi connectivity index (χ2n) is 4.82. The Morgan fingerprint density at radius 1 is 0.900 bits per heavy atom. The number of hydrogen-bond acceptors (Lipinski definition) is 1. The third kappa shape index (κ3) is 4.36. The van der Waals surface area contributed by atoms with E-state index in [0.29, 0.717) is 6.42 Å². The zero-order valence-corrected chi connectivity index (χ0v) is 12.6. The Kier molecular flexibility index (Phi) is 5.63. The van der Waals surface area contributed by atoms with Crippen molar-refractivity contribution in [1.82, 2.24) is 0 Å². The van der Waals surface area contributed by atoms with Crippen molar-refractivity contribution < 1.29 is 4.79 Å². The first kappa shape index (κ1) is 15.1. The zero-order valence-electron chi connectivity index (χ0n) is 11.1. The van der Waals surface area contributed by atoms with Crippen molar-refractivity contribution in [3.05, 3.63) is 69.7 Å². The van der Waals surface area contributed by atoms with Gasteiger partial charge in [-0.1, -0.05) is 47.5 Å². The fraction of sp³-hybridized carbons (Fsp3) is 0.235. The monoisotopic (exact) mass is 306 g/mol. The molecule has 20 heavy (non-hydrogen) atoms. The number of carbonyl (C=O) groups excluding carboxylic acids is 1. The van der Waals surface area contributed by atoms with Crippen LogP contribution in [0.2, 0.25) is 10.0 Å². The van der Waals surface area contributed by atoms with Crippen molar-refractivity contribution in [3.63, 3.8) is 0 Å². The molecular formula is C17H16Cl2O. The van der Waals surface area contributed by atoms with E-state index in [1.807, 2.05) is 48.5 Å². The first-order valence-electron chi connectivity index (χ1n) is 6.62. The van der Waals surface area contributed by atoms with Gasteiger partial charge >= 0.3 is 0 Å². The molecule has 0 radical (unpaired) electrons. The van der Waals surface area contributed by atoms with Gasteiger partial charge in [-0.05, 0) is 54.2 Å². The number of aryl methyl sites for hydroxylation is 1. The molecule has 0 amide bonds. The minimum atomic E-state index is 0.237. The predicted octanol–water partition coefficient (Wildman–Crippen LogP) is 5.30. The fourth-order valence-electron chi connectivity index (χ4n) is 2.26. The molecule has 0 aliphatic rings. The molecule has 0 spiro atoms. The number of hydrogen-bond donors (Lipinski definition) is 0. The van der Waals surface area contributed by atoms with Gasteiger partial charge in [-0.3, -0.25) is 0 Å². The van der Waals surface area contributed by atoms with E-state index in [-0.39, 0.29) is 5.92 Å². The summed E-state index contributed by atoms with van der Waals surface area (Å²) in [5, 5.41) is 1.46. The van der Waals surface area contributed by atoms with Crippen LogP contribution < -0.4 is 0 Å². The molecule has 1 atom stereocenters. The van der Waals surface area contributed by atoms with Crippen molar-refractivity contribution in [1.29, 1.82) is 0 Å². The number of aldehydes is 1. The molecule has 0 N–H and O–H groups in total. The summed E-state index contributed by atoms with van der Waals surface area (Å²) in [7, 11) is 0. The predicted molar refractivity (Wildman–Crippen MR) is 84.6 cm³/mol. The van der Waals surface area contributed by atoms with Crippen LogP contribution in [0.15, 0.2) is 48.5 Å². The fourth-order valence-corrected chi connectivity index (χ4v) is 2.52. The summed E-state index contributed by atoms with van der Waals surface area (Å²) in [5.74, 6) is 0.237. The van der Waals surface area contributed by atoms with Gasteiger partial charge in [0.15, 0.2) is 0 Å². The maximum atomic E-state index is 10.9. The Labute approximate surface area is 129 Å². The second-order valence-corrected chi connectivity index (χ2v) is 5.69. The molecule has 2 aromatic carbocycles. The van der Waals surface area contributed by atoms with Crippen LogP contribution in [0.1, 0.15) is 29.9 Å². The molecule has 0 heterocycles. The molecule has 1 unspecified atom stereocenters. The van der Waals surface area contributed by atoms with Crippen molar-refractivity contribution in [3.8, 4) is 0 Å². The quantitative estimate of drug-likeness (QED) is 0.662. The van der Waals surface area contributed by atoms with Crippen LogP contribution in [0, 0.1) is 0 Å². The summed E-state index contributed by atoms with van der Waals surface area (Å²) in [6.07, 6.45) is 3.39. The topological polar surface area (TPSA) is 17.1 Å². The normalized spacial score (nSPS) is 12.1. The molecule has 1 nitrogen and oxygen atoms in total. The number of benzene rings is 2. The molecule has 104 valence electrons. The largest absolute Gasteiger partial charge is 0.303 e. The van der Waals surface area contributed by atoms with E-state index in [0.717, 1.165) is 34.7 Å². The average Bonchev–Trinajstić information content (AvgIpc) is 2.46. The molecule has 3 heteroatoms. The van der Waals surface area contributed by atoms with Crippen LogP contribution in [0.5, 0.6) is 0 Å². The van der Waals surface area contributed by atoms with Gasteiger partial charge in [0, 0.05) is 16.5 Å². The van der Waals surface area contributed by atoms with E-state index in [1.165, 1.54) is 5.56 Å². The van der Waals surface area contributed by atoms with E-state index in [9.17, 15) is 4.79 Å². The van der Waals surface area contributed by atoms with E-state index in [1.54, 1.807) is 0 Å². The van der Waals surface area contributed by atoms with E-state index < -0.39 is 0 Å². The van der Waals surface area contributed by atoms with Crippen molar-refractivity contribution >= 4 is 29.5 Å². The van der Waals surface area contributed by atoms with Crippen LogP contribution in [0.25, 0.3) is 0 Å². The lowest BCUT2D eigenvalue weighted by molar-refractivity contribution is -0.108. The molecule has 0 aliphatic heterocycles. The van der Waals surface area contributed by atoms with Crippen LogP contribution in [-0.2, 0) is 11.2 Å². The highest BCUT2D eigenvalue weighted by Gasteiger charge is 2.11. The summed E-state index contributed by atoms with van der Waals surface area (Å²) >= 11 is 11.8. The lowest BCUT2D eigenvalue weighted by Crippen LogP contribution is -2.02. The average molecular weight is 307 g/mol. The highest BCUT2D eigenvalue weighted by atomic mass is 35.5. The highest BCUT2D eigenvalue weighted by Crippen LogP contribution is 2.26. The van der Waals surface area contributed by atoms with Crippen LogP contribution in [-0.4, -0.2) is 6.29 Å². The van der Waals surface area contributed by atoms with Crippen LogP contribution in [0.3, 0.4) is 0 Å². The maximum absolute atomic E-state index is 10.9. The van der Waals surface area contributed by atoms with Gasteiger partial charge in [-0.25, -0.2) is 0 Å². The Morgan fingerprint density at radius 3 is 2.00 bits per heavy atom. The lowest BCUT2D eigenvalue weighted by atomic mass is 9.90. The molecule has 0 aliphatic carbocycles. The summed E-state index contributed by atoms with van der Waals surface area (Å²) in [5.41, 5.74) is 2.40. The van der Waals surface area contributed by atoms with Gasteiger partial charge in [0.25, 0.3) is 0 Å². The van der Waals surface area contributed by atoms with Gasteiger partial charge in [0.2, 0.25) is 0 Å². The maximum Gasteiger partial charge on any atom is 0.120 e. The number of carbonyl (C=O) groups is 1. The van der Waals surface area contributed by atoms with Crippen molar-refractivity contribution in [2.75, 3.05) is 0 Å². The van der Waals surface area contributed by atoms with E-state index >= 15 is 0 Å². The zero-order chi connectivity index (χ0) is 14.4. The van der Waals surface area contributed by atoms with Crippen LogP contribution >= 0.6 is 23.2 Å². The Bertz CT molecular complexity index is 546. The first-order valence-corrected chi connectivity index (χ1v) is 7.38. The van der Waals surface area contributed by atoms with Crippen molar-refractivity contribution in [2.24, 2.45) is 0 Å². The van der Waals surface area contributed by atoms with Gasteiger partial charge in [-0.2, -0.15) is 0 Å². The van der Waals surface area contributed by atoms with Crippen molar-refractivity contribution in [2.45, 2.75) is 25.2 Å². The van der Waals surface area contributed by atoms with Crippen LogP contribution in [0.4, 0.5) is 0 Å². The van der Waals surface area contributed by atoms with Gasteiger partial charge in [-0.15, -0.1) is 0 Å². The van der Waals surface area contributed by atoms with Gasteiger partial charge in [0.1, 0.15) is 6.29 Å². The molecule has 0 aromatic heterocycles. The third-order valence-electron chi connectivity index (χ3n) is 3.42. The lowest BCUT2D eigenvalue weighted by Gasteiger charge is -2.15. The van der Waals surface area contributed by atoms with Gasteiger partial charge in [0.05, 0.1) is 0 Å². The molecule has 0 bridgehead atoms. The Morgan fingerprint density at radius 2 is 1.45 bits per heavy atom. The van der Waals surface area contributed by atoms with E-state index in [4.69, 9.17) is 23.2 Å².